The normalized spacial score (nSPS) is 22.6. The third kappa shape index (κ3) is 3.38. The largest absolute Gasteiger partial charge is 0.412 e. The number of likely N-dealkylation sites (tertiary alicyclic amines) is 2. The van der Waals surface area contributed by atoms with Crippen LogP contribution < -0.4 is 4.90 Å². The summed E-state index contributed by atoms with van der Waals surface area (Å²) in [6.45, 7) is 2.91. The van der Waals surface area contributed by atoms with Crippen LogP contribution in [0.25, 0.3) is 10.2 Å². The molecule has 2 saturated heterocycles. The van der Waals surface area contributed by atoms with E-state index in [1.54, 1.807) is 20.9 Å². The summed E-state index contributed by atoms with van der Waals surface area (Å²) < 4.78 is 8.68. The van der Waals surface area contributed by atoms with Gasteiger partial charge in [0, 0.05) is 25.8 Å². The molecule has 146 valence electrons. The van der Waals surface area contributed by atoms with Gasteiger partial charge in [-0.3, -0.25) is 4.79 Å². The predicted octanol–water partition coefficient (Wildman–Crippen LogP) is 2.32. The van der Waals surface area contributed by atoms with E-state index in [0.29, 0.717) is 36.4 Å². The molecule has 1 aromatic carbocycles. The second kappa shape index (κ2) is 7.38. The van der Waals surface area contributed by atoms with Crippen molar-refractivity contribution < 1.29 is 14.1 Å². The van der Waals surface area contributed by atoms with Crippen molar-refractivity contribution in [2.45, 2.75) is 44.9 Å². The molecule has 9 heteroatoms. The Labute approximate surface area is 171 Å². The topological polar surface area (TPSA) is 68.6 Å². The van der Waals surface area contributed by atoms with Crippen LogP contribution in [-0.4, -0.2) is 38.7 Å². The number of quaternary nitrogens is 1. The molecule has 1 N–H and O–H groups in total. The minimum absolute atomic E-state index is 0.164. The quantitative estimate of drug-likeness (QED) is 0.647. The fraction of sp³-hybridized carbons (Fsp3) is 0.474. The molecule has 1 amide bonds. The lowest BCUT2D eigenvalue weighted by Crippen LogP contribution is -3.09. The van der Waals surface area contributed by atoms with Gasteiger partial charge in [-0.25, -0.2) is 4.98 Å². The highest BCUT2D eigenvalue weighted by atomic mass is 32.1. The van der Waals surface area contributed by atoms with Crippen molar-refractivity contribution in [3.63, 3.8) is 0 Å². The molecular weight excluding hydrogens is 394 g/mol. The van der Waals surface area contributed by atoms with Crippen LogP contribution in [0.5, 0.6) is 0 Å². The summed E-state index contributed by atoms with van der Waals surface area (Å²) in [4.78, 5) is 20.3. The summed E-state index contributed by atoms with van der Waals surface area (Å²) in [5.74, 6) is 0.687. The van der Waals surface area contributed by atoms with Gasteiger partial charge >= 0.3 is 0 Å². The van der Waals surface area contributed by atoms with Crippen molar-refractivity contribution in [1.29, 1.82) is 0 Å². The molecule has 0 saturated carbocycles. The number of nitrogens with zero attached hydrogens (tertiary/aromatic N) is 4. The third-order valence-electron chi connectivity index (χ3n) is 5.59. The Bertz CT molecular complexity index is 1040. The highest BCUT2D eigenvalue weighted by Crippen LogP contribution is 2.28. The maximum atomic E-state index is 11.8. The van der Waals surface area contributed by atoms with Gasteiger partial charge in [-0.15, -0.1) is 16.4 Å². The molecule has 0 bridgehead atoms. The fourth-order valence-electron chi connectivity index (χ4n) is 4.18. The zero-order valence-electron chi connectivity index (χ0n) is 15.5. The first-order chi connectivity index (χ1) is 13.7. The number of benzene rings is 1. The first-order valence-corrected chi connectivity index (χ1v) is 10.9. The second-order valence-electron chi connectivity index (χ2n) is 7.46. The van der Waals surface area contributed by atoms with Gasteiger partial charge < -0.3 is 14.2 Å². The molecule has 28 heavy (non-hydrogen) atoms. The molecule has 2 aliphatic rings. The Hall–Kier alpha value is -2.10. The summed E-state index contributed by atoms with van der Waals surface area (Å²) in [6.07, 6.45) is 3.80. The minimum atomic E-state index is 0.164. The first-order valence-electron chi connectivity index (χ1n) is 9.72. The Kier molecular flexibility index (Phi) is 4.73. The standard InChI is InChI=1S/C19H21N5O2S2/c25-17-8-4-9-22(17)11-16-21-24(19(27)26-16)12-23-10-3-6-14(23)18-20-13-5-1-2-7-15(13)28-18/h1-2,5,7,14H,3-4,6,8-12H2/p+1/t14-/m1/s1. The second-order valence-corrected chi connectivity index (χ2v) is 8.87. The molecule has 0 aliphatic carbocycles. The number of nitrogens with one attached hydrogen (secondary N) is 1. The Morgan fingerprint density at radius 2 is 2.21 bits per heavy atom. The van der Waals surface area contributed by atoms with E-state index in [0.717, 1.165) is 37.9 Å². The van der Waals surface area contributed by atoms with E-state index in [1.165, 1.54) is 14.6 Å². The van der Waals surface area contributed by atoms with Gasteiger partial charge in [0.2, 0.25) is 11.8 Å². The van der Waals surface area contributed by atoms with Crippen LogP contribution in [-0.2, 0) is 18.0 Å². The van der Waals surface area contributed by atoms with Crippen molar-refractivity contribution >= 4 is 39.7 Å². The third-order valence-corrected chi connectivity index (χ3v) is 7.03. The number of hydrogen-bond donors (Lipinski definition) is 1. The van der Waals surface area contributed by atoms with Crippen molar-refractivity contribution in [2.75, 3.05) is 13.1 Å². The van der Waals surface area contributed by atoms with Gasteiger partial charge in [0.05, 0.1) is 23.3 Å². The van der Waals surface area contributed by atoms with E-state index < -0.39 is 0 Å². The lowest BCUT2D eigenvalue weighted by atomic mass is 10.2. The van der Waals surface area contributed by atoms with Gasteiger partial charge in [0.25, 0.3) is 4.84 Å². The van der Waals surface area contributed by atoms with Crippen LogP contribution in [0.2, 0.25) is 0 Å². The van der Waals surface area contributed by atoms with Crippen LogP contribution >= 0.6 is 23.6 Å². The lowest BCUT2D eigenvalue weighted by Gasteiger charge is -2.19. The zero-order chi connectivity index (χ0) is 19.1. The van der Waals surface area contributed by atoms with E-state index in [-0.39, 0.29) is 5.91 Å². The van der Waals surface area contributed by atoms with Gasteiger partial charge in [-0.2, -0.15) is 4.68 Å². The maximum Gasteiger partial charge on any atom is 0.291 e. The molecule has 2 aliphatic heterocycles. The zero-order valence-corrected chi connectivity index (χ0v) is 17.1. The summed E-state index contributed by atoms with van der Waals surface area (Å²) in [5, 5.41) is 5.74. The minimum Gasteiger partial charge on any atom is -0.412 e. The molecule has 3 aromatic rings. The number of thiazole rings is 1. The summed E-state index contributed by atoms with van der Waals surface area (Å²) in [6, 6.07) is 8.66. The molecule has 1 unspecified atom stereocenters. The van der Waals surface area contributed by atoms with Crippen molar-refractivity contribution in [2.24, 2.45) is 0 Å². The Morgan fingerprint density at radius 1 is 1.32 bits per heavy atom. The number of para-hydroxylation sites is 1. The average Bonchev–Trinajstić information content (AvgIpc) is 3.44. The highest BCUT2D eigenvalue weighted by molar-refractivity contribution is 7.71. The molecule has 0 spiro atoms. The van der Waals surface area contributed by atoms with Gasteiger partial charge in [0.1, 0.15) is 6.04 Å². The molecule has 2 atom stereocenters. The average molecular weight is 417 g/mol. The maximum absolute atomic E-state index is 11.8. The monoisotopic (exact) mass is 416 g/mol. The summed E-state index contributed by atoms with van der Waals surface area (Å²) >= 11 is 7.17. The van der Waals surface area contributed by atoms with Crippen LogP contribution in [0, 0.1) is 4.84 Å². The fourth-order valence-corrected chi connectivity index (χ4v) is 5.54. The number of rotatable bonds is 5. The molecule has 2 aromatic heterocycles. The number of aromatic nitrogens is 3. The van der Waals surface area contributed by atoms with Crippen LogP contribution in [0.4, 0.5) is 0 Å². The molecule has 0 radical (unpaired) electrons. The van der Waals surface area contributed by atoms with Crippen LogP contribution in [0.1, 0.15) is 42.6 Å². The molecule has 7 nitrogen and oxygen atoms in total. The molecule has 2 fully saturated rings. The number of fused-ring (bicyclic) bond motifs is 1. The van der Waals surface area contributed by atoms with Gasteiger partial charge in [-0.1, -0.05) is 12.1 Å². The van der Waals surface area contributed by atoms with E-state index in [4.69, 9.17) is 21.6 Å². The number of amides is 1. The SMILES string of the molecule is O=C1CCCN1Cc1nn(C[NH+]2CCC[C@@H]2c2nc3ccccc3s2)c(=S)o1. The van der Waals surface area contributed by atoms with Crippen LogP contribution in [0.15, 0.2) is 28.7 Å². The van der Waals surface area contributed by atoms with Gasteiger partial charge in [0.15, 0.2) is 11.7 Å². The van der Waals surface area contributed by atoms with E-state index >= 15 is 0 Å². The van der Waals surface area contributed by atoms with Crippen molar-refractivity contribution in [3.05, 3.63) is 40.0 Å². The Balaban J connectivity index is 1.33. The molecule has 4 heterocycles. The van der Waals surface area contributed by atoms with Crippen molar-refractivity contribution in [1.82, 2.24) is 19.7 Å². The number of carbonyl (C=O) groups excluding carboxylic acids is 1. The summed E-state index contributed by atoms with van der Waals surface area (Å²) in [7, 11) is 0. The van der Waals surface area contributed by atoms with Crippen molar-refractivity contribution in [3.8, 4) is 0 Å². The Morgan fingerprint density at radius 3 is 3.04 bits per heavy atom. The smallest absolute Gasteiger partial charge is 0.291 e. The first kappa shape index (κ1) is 18.0. The van der Waals surface area contributed by atoms with E-state index in [1.807, 2.05) is 6.07 Å². The lowest BCUT2D eigenvalue weighted by molar-refractivity contribution is -0.941. The highest BCUT2D eigenvalue weighted by Gasteiger charge is 2.33. The predicted molar refractivity (Wildman–Crippen MR) is 107 cm³/mol. The molecular formula is C19H22N5O2S2+. The van der Waals surface area contributed by atoms with E-state index in [2.05, 4.69) is 23.3 Å². The van der Waals surface area contributed by atoms with E-state index in [9.17, 15) is 4.79 Å². The number of carbonyl (C=O) groups is 1. The van der Waals surface area contributed by atoms with Gasteiger partial charge in [-0.05, 0) is 30.8 Å². The number of hydrogen-bond acceptors (Lipinski definition) is 6. The molecule has 5 rings (SSSR count). The van der Waals surface area contributed by atoms with Crippen LogP contribution in [0.3, 0.4) is 0 Å². The summed E-state index contributed by atoms with van der Waals surface area (Å²) in [5.41, 5.74) is 1.07.